The highest BCUT2D eigenvalue weighted by Crippen LogP contribution is 2.27. The Kier molecular flexibility index (Phi) is 4.02. The van der Waals surface area contributed by atoms with Gasteiger partial charge < -0.3 is 5.11 Å². The summed E-state index contributed by atoms with van der Waals surface area (Å²) in [5.74, 6) is 0.464. The van der Waals surface area contributed by atoms with Crippen molar-refractivity contribution < 1.29 is 5.11 Å². The molecule has 0 spiro atoms. The number of rotatable bonds is 4. The standard InChI is InChI=1S/C12H21ClN2O/c1-8(2)6-12(4,16)7-10-9(3)14-15(5)11(10)13/h8,16H,6-7H2,1-5H3. The lowest BCUT2D eigenvalue weighted by molar-refractivity contribution is 0.0387. The van der Waals surface area contributed by atoms with E-state index in [1.165, 1.54) is 0 Å². The van der Waals surface area contributed by atoms with Gasteiger partial charge in [-0.05, 0) is 26.2 Å². The van der Waals surface area contributed by atoms with Gasteiger partial charge in [0.2, 0.25) is 0 Å². The summed E-state index contributed by atoms with van der Waals surface area (Å²) in [7, 11) is 1.82. The van der Waals surface area contributed by atoms with Crippen LogP contribution in [0.4, 0.5) is 0 Å². The highest BCUT2D eigenvalue weighted by molar-refractivity contribution is 6.30. The van der Waals surface area contributed by atoms with Gasteiger partial charge in [-0.3, -0.25) is 4.68 Å². The fourth-order valence-corrected chi connectivity index (χ4v) is 2.45. The molecule has 0 fully saturated rings. The number of halogens is 1. The third kappa shape index (κ3) is 3.22. The van der Waals surface area contributed by atoms with Crippen LogP contribution in [0.5, 0.6) is 0 Å². The Morgan fingerprint density at radius 3 is 2.44 bits per heavy atom. The van der Waals surface area contributed by atoms with E-state index in [0.29, 0.717) is 17.5 Å². The zero-order chi connectivity index (χ0) is 12.5. The van der Waals surface area contributed by atoms with Crippen molar-refractivity contribution in [3.05, 3.63) is 16.4 Å². The molecule has 0 bridgehead atoms. The number of aromatic nitrogens is 2. The van der Waals surface area contributed by atoms with Crippen LogP contribution in [0, 0.1) is 12.8 Å². The van der Waals surface area contributed by atoms with Crippen LogP contribution in [0.3, 0.4) is 0 Å². The lowest BCUT2D eigenvalue weighted by Gasteiger charge is -2.25. The molecule has 0 saturated carbocycles. The molecule has 0 aliphatic rings. The molecule has 1 atom stereocenters. The van der Waals surface area contributed by atoms with Gasteiger partial charge in [0.05, 0.1) is 11.3 Å². The predicted octanol–water partition coefficient (Wildman–Crippen LogP) is 2.72. The van der Waals surface area contributed by atoms with Crippen molar-refractivity contribution >= 4 is 11.6 Å². The second-order valence-electron chi connectivity index (χ2n) is 5.25. The van der Waals surface area contributed by atoms with Gasteiger partial charge in [0, 0.05) is 19.0 Å². The van der Waals surface area contributed by atoms with Crippen LogP contribution in [-0.4, -0.2) is 20.5 Å². The van der Waals surface area contributed by atoms with Crippen LogP contribution in [0.1, 0.15) is 38.4 Å². The molecule has 3 nitrogen and oxygen atoms in total. The quantitative estimate of drug-likeness (QED) is 0.885. The lowest BCUT2D eigenvalue weighted by Crippen LogP contribution is -2.29. The summed E-state index contributed by atoms with van der Waals surface area (Å²) in [6.45, 7) is 7.99. The van der Waals surface area contributed by atoms with E-state index in [2.05, 4.69) is 18.9 Å². The van der Waals surface area contributed by atoms with E-state index in [4.69, 9.17) is 11.6 Å². The van der Waals surface area contributed by atoms with Crippen LogP contribution >= 0.6 is 11.6 Å². The summed E-state index contributed by atoms with van der Waals surface area (Å²) in [6.07, 6.45) is 1.32. The summed E-state index contributed by atoms with van der Waals surface area (Å²) in [5, 5.41) is 15.2. The predicted molar refractivity (Wildman–Crippen MR) is 66.7 cm³/mol. The number of aryl methyl sites for hydroxylation is 2. The maximum Gasteiger partial charge on any atom is 0.130 e. The van der Waals surface area contributed by atoms with Crippen LogP contribution < -0.4 is 0 Å². The minimum atomic E-state index is -0.717. The molecule has 1 aromatic rings. The number of hydrogen-bond donors (Lipinski definition) is 1. The minimum Gasteiger partial charge on any atom is -0.390 e. The molecule has 16 heavy (non-hydrogen) atoms. The average Bonchev–Trinajstić information content (AvgIpc) is 2.29. The highest BCUT2D eigenvalue weighted by Gasteiger charge is 2.26. The van der Waals surface area contributed by atoms with Gasteiger partial charge in [0.1, 0.15) is 5.15 Å². The molecule has 0 saturated heterocycles. The zero-order valence-corrected chi connectivity index (χ0v) is 11.5. The normalized spacial score (nSPS) is 15.5. The van der Waals surface area contributed by atoms with Gasteiger partial charge in [-0.2, -0.15) is 5.10 Å². The van der Waals surface area contributed by atoms with E-state index in [9.17, 15) is 5.11 Å². The van der Waals surface area contributed by atoms with E-state index in [1.807, 2.05) is 20.9 Å². The molecular formula is C12H21ClN2O. The molecule has 1 unspecified atom stereocenters. The van der Waals surface area contributed by atoms with Crippen LogP contribution in [-0.2, 0) is 13.5 Å². The largest absolute Gasteiger partial charge is 0.390 e. The molecular weight excluding hydrogens is 224 g/mol. The van der Waals surface area contributed by atoms with Gasteiger partial charge in [-0.15, -0.1) is 0 Å². The molecule has 1 N–H and O–H groups in total. The smallest absolute Gasteiger partial charge is 0.130 e. The molecule has 0 aliphatic heterocycles. The van der Waals surface area contributed by atoms with E-state index >= 15 is 0 Å². The molecule has 0 aromatic carbocycles. The molecule has 1 rings (SSSR count). The van der Waals surface area contributed by atoms with Crippen LogP contribution in [0.2, 0.25) is 5.15 Å². The molecule has 4 heteroatoms. The Balaban J connectivity index is 2.87. The molecule has 1 aromatic heterocycles. The Labute approximate surface area is 102 Å². The first-order valence-electron chi connectivity index (χ1n) is 5.63. The molecule has 0 radical (unpaired) electrons. The van der Waals surface area contributed by atoms with Crippen molar-refractivity contribution in [2.75, 3.05) is 0 Å². The monoisotopic (exact) mass is 244 g/mol. The number of aliphatic hydroxyl groups is 1. The van der Waals surface area contributed by atoms with Gasteiger partial charge in [0.25, 0.3) is 0 Å². The van der Waals surface area contributed by atoms with Crippen molar-refractivity contribution in [2.24, 2.45) is 13.0 Å². The summed E-state index contributed by atoms with van der Waals surface area (Å²) in [4.78, 5) is 0. The van der Waals surface area contributed by atoms with Crippen molar-refractivity contribution in [2.45, 2.75) is 46.1 Å². The SMILES string of the molecule is Cc1nn(C)c(Cl)c1CC(C)(O)CC(C)C. The molecule has 0 amide bonds. The molecule has 0 aliphatic carbocycles. The second-order valence-corrected chi connectivity index (χ2v) is 5.61. The van der Waals surface area contributed by atoms with Gasteiger partial charge in [0.15, 0.2) is 0 Å². The lowest BCUT2D eigenvalue weighted by atomic mass is 9.88. The Hall–Kier alpha value is -0.540. The average molecular weight is 245 g/mol. The van der Waals surface area contributed by atoms with Gasteiger partial charge in [-0.25, -0.2) is 0 Å². The summed E-state index contributed by atoms with van der Waals surface area (Å²) in [6, 6.07) is 0. The number of hydrogen-bond acceptors (Lipinski definition) is 2. The first-order chi connectivity index (χ1) is 7.23. The second kappa shape index (κ2) is 4.76. The zero-order valence-electron chi connectivity index (χ0n) is 10.7. The Morgan fingerprint density at radius 2 is 2.06 bits per heavy atom. The minimum absolute atomic E-state index is 0.464. The third-order valence-electron chi connectivity index (χ3n) is 2.68. The first-order valence-corrected chi connectivity index (χ1v) is 6.01. The first kappa shape index (κ1) is 13.5. The van der Waals surface area contributed by atoms with Crippen molar-refractivity contribution in [3.63, 3.8) is 0 Å². The van der Waals surface area contributed by atoms with Crippen molar-refractivity contribution in [1.29, 1.82) is 0 Å². The Bertz CT molecular complexity index is 369. The van der Waals surface area contributed by atoms with Crippen molar-refractivity contribution in [1.82, 2.24) is 9.78 Å². The fourth-order valence-electron chi connectivity index (χ4n) is 2.21. The maximum atomic E-state index is 10.3. The summed E-state index contributed by atoms with van der Waals surface area (Å²) >= 11 is 6.15. The Morgan fingerprint density at radius 1 is 1.50 bits per heavy atom. The van der Waals surface area contributed by atoms with Crippen molar-refractivity contribution in [3.8, 4) is 0 Å². The van der Waals surface area contributed by atoms with E-state index in [-0.39, 0.29) is 0 Å². The van der Waals surface area contributed by atoms with E-state index in [0.717, 1.165) is 17.7 Å². The number of nitrogens with zero attached hydrogens (tertiary/aromatic N) is 2. The highest BCUT2D eigenvalue weighted by atomic mass is 35.5. The topological polar surface area (TPSA) is 38.0 Å². The fraction of sp³-hybridized carbons (Fsp3) is 0.750. The molecule has 92 valence electrons. The van der Waals surface area contributed by atoms with Gasteiger partial charge in [-0.1, -0.05) is 25.4 Å². The third-order valence-corrected chi connectivity index (χ3v) is 3.15. The van der Waals surface area contributed by atoms with Crippen LogP contribution in [0.25, 0.3) is 0 Å². The maximum absolute atomic E-state index is 10.3. The van der Waals surface area contributed by atoms with Gasteiger partial charge >= 0.3 is 0 Å². The van der Waals surface area contributed by atoms with E-state index < -0.39 is 5.60 Å². The summed E-state index contributed by atoms with van der Waals surface area (Å²) in [5.41, 5.74) is 1.14. The molecule has 1 heterocycles. The summed E-state index contributed by atoms with van der Waals surface area (Å²) < 4.78 is 1.65. The van der Waals surface area contributed by atoms with E-state index in [1.54, 1.807) is 4.68 Å². The van der Waals surface area contributed by atoms with Crippen LogP contribution in [0.15, 0.2) is 0 Å².